The van der Waals surface area contributed by atoms with Gasteiger partial charge in [0.1, 0.15) is 6.61 Å². The van der Waals surface area contributed by atoms with E-state index < -0.39 is 0 Å². The fraction of sp³-hybridized carbons (Fsp3) is 0.867. The van der Waals surface area contributed by atoms with E-state index in [9.17, 15) is 9.59 Å². The Morgan fingerprint density at radius 1 is 1.10 bits per heavy atom. The Hall–Kier alpha value is -1.14. The molecule has 2 N–H and O–H groups in total. The molecule has 0 aromatic rings. The van der Waals surface area contributed by atoms with Gasteiger partial charge in [-0.15, -0.1) is 0 Å². The number of piperazine rings is 1. The lowest BCUT2D eigenvalue weighted by molar-refractivity contribution is -0.142. The molecule has 6 nitrogen and oxygen atoms in total. The van der Waals surface area contributed by atoms with Crippen LogP contribution in [0.2, 0.25) is 0 Å². The highest BCUT2D eigenvalue weighted by Gasteiger charge is 2.25. The average molecular weight is 299 g/mol. The molecule has 122 valence electrons. The van der Waals surface area contributed by atoms with Crippen LogP contribution in [0.5, 0.6) is 0 Å². The number of carbonyl (C=O) groups is 2. The summed E-state index contributed by atoms with van der Waals surface area (Å²) in [6.45, 7) is 7.34. The summed E-state index contributed by atoms with van der Waals surface area (Å²) in [4.78, 5) is 27.6. The van der Waals surface area contributed by atoms with Crippen LogP contribution in [0.3, 0.4) is 0 Å². The third-order valence-electron chi connectivity index (χ3n) is 3.85. The molecule has 0 aromatic carbocycles. The molecule has 0 bridgehead atoms. The number of hydrogen-bond donors (Lipinski definition) is 1. The fourth-order valence-electron chi connectivity index (χ4n) is 2.73. The molecule has 0 aliphatic carbocycles. The maximum Gasteiger partial charge on any atom is 0.248 e. The second-order valence-corrected chi connectivity index (χ2v) is 6.13. The molecule has 1 unspecified atom stereocenters. The van der Waals surface area contributed by atoms with E-state index >= 15 is 0 Å². The van der Waals surface area contributed by atoms with E-state index in [4.69, 9.17) is 10.5 Å². The van der Waals surface area contributed by atoms with Gasteiger partial charge in [-0.25, -0.2) is 0 Å². The van der Waals surface area contributed by atoms with E-state index in [1.54, 1.807) is 4.90 Å². The first-order valence-electron chi connectivity index (χ1n) is 7.72. The molecule has 21 heavy (non-hydrogen) atoms. The summed E-state index contributed by atoms with van der Waals surface area (Å²) in [6.07, 6.45) is 1.50. The highest BCUT2D eigenvalue weighted by Crippen LogP contribution is 2.16. The molecule has 1 aliphatic rings. The molecule has 1 heterocycles. The van der Waals surface area contributed by atoms with Crippen LogP contribution in [-0.4, -0.2) is 68.1 Å². The number of rotatable bonds is 7. The van der Waals surface area contributed by atoms with Crippen LogP contribution in [0.4, 0.5) is 0 Å². The van der Waals surface area contributed by atoms with E-state index in [-0.39, 0.29) is 24.3 Å². The van der Waals surface area contributed by atoms with Crippen molar-refractivity contribution in [2.24, 2.45) is 17.6 Å². The van der Waals surface area contributed by atoms with Gasteiger partial charge >= 0.3 is 0 Å². The van der Waals surface area contributed by atoms with Crippen LogP contribution < -0.4 is 5.73 Å². The zero-order chi connectivity index (χ0) is 15.8. The van der Waals surface area contributed by atoms with Gasteiger partial charge < -0.3 is 20.3 Å². The predicted octanol–water partition coefficient (Wildman–Crippen LogP) is 0.315. The molecule has 1 saturated heterocycles. The van der Waals surface area contributed by atoms with Gasteiger partial charge in [-0.2, -0.15) is 0 Å². The molecule has 0 saturated carbocycles. The number of methoxy groups -OCH3 is 1. The molecular weight excluding hydrogens is 270 g/mol. The van der Waals surface area contributed by atoms with Gasteiger partial charge in [0, 0.05) is 39.7 Å². The first-order chi connectivity index (χ1) is 9.97. The minimum Gasteiger partial charge on any atom is -0.375 e. The number of amides is 2. The monoisotopic (exact) mass is 299 g/mol. The standard InChI is InChI=1S/C15H29N3O3/c1-12(2)8-13(10-16)9-14(19)17-4-6-18(7-5-17)15(20)11-21-3/h12-13H,4-11,16H2,1-3H3. The first kappa shape index (κ1) is 17.9. The molecule has 1 rings (SSSR count). The Morgan fingerprint density at radius 3 is 2.05 bits per heavy atom. The number of nitrogens with two attached hydrogens (primary N) is 1. The highest BCUT2D eigenvalue weighted by atomic mass is 16.5. The Morgan fingerprint density at radius 2 is 1.62 bits per heavy atom. The van der Waals surface area contributed by atoms with Crippen molar-refractivity contribution in [1.29, 1.82) is 0 Å². The molecule has 6 heteroatoms. The summed E-state index contributed by atoms with van der Waals surface area (Å²) in [5.74, 6) is 0.953. The number of ether oxygens (including phenoxy) is 1. The highest BCUT2D eigenvalue weighted by molar-refractivity contribution is 5.79. The minimum atomic E-state index is -0.00996. The van der Waals surface area contributed by atoms with Crippen molar-refractivity contribution in [3.05, 3.63) is 0 Å². The van der Waals surface area contributed by atoms with Crippen LogP contribution in [0.1, 0.15) is 26.7 Å². The summed E-state index contributed by atoms with van der Waals surface area (Å²) in [6, 6.07) is 0. The molecule has 0 spiro atoms. The lowest BCUT2D eigenvalue weighted by Crippen LogP contribution is -2.51. The Labute approximate surface area is 127 Å². The summed E-state index contributed by atoms with van der Waals surface area (Å²) < 4.78 is 4.85. The van der Waals surface area contributed by atoms with Crippen molar-refractivity contribution < 1.29 is 14.3 Å². The molecule has 1 atom stereocenters. The summed E-state index contributed by atoms with van der Waals surface area (Å²) >= 11 is 0. The quantitative estimate of drug-likeness (QED) is 0.734. The van der Waals surface area contributed by atoms with Crippen molar-refractivity contribution in [2.45, 2.75) is 26.7 Å². The van der Waals surface area contributed by atoms with Crippen molar-refractivity contribution in [3.63, 3.8) is 0 Å². The third kappa shape index (κ3) is 6.01. The summed E-state index contributed by atoms with van der Waals surface area (Å²) in [7, 11) is 1.51. The molecule has 2 amide bonds. The molecule has 0 radical (unpaired) electrons. The third-order valence-corrected chi connectivity index (χ3v) is 3.85. The van der Waals surface area contributed by atoms with Gasteiger partial charge in [-0.1, -0.05) is 13.8 Å². The van der Waals surface area contributed by atoms with Crippen LogP contribution in [0.25, 0.3) is 0 Å². The van der Waals surface area contributed by atoms with E-state index in [1.807, 2.05) is 4.90 Å². The maximum absolute atomic E-state index is 12.3. The zero-order valence-corrected chi connectivity index (χ0v) is 13.5. The van der Waals surface area contributed by atoms with E-state index in [0.29, 0.717) is 45.1 Å². The predicted molar refractivity (Wildman–Crippen MR) is 81.7 cm³/mol. The molecule has 1 fully saturated rings. The van der Waals surface area contributed by atoms with Crippen molar-refractivity contribution in [3.8, 4) is 0 Å². The Bertz CT molecular complexity index is 339. The van der Waals surface area contributed by atoms with Crippen LogP contribution in [-0.2, 0) is 14.3 Å². The maximum atomic E-state index is 12.3. The van der Waals surface area contributed by atoms with Crippen LogP contribution >= 0.6 is 0 Å². The van der Waals surface area contributed by atoms with E-state index in [1.165, 1.54) is 7.11 Å². The average Bonchev–Trinajstić information content (AvgIpc) is 2.46. The largest absolute Gasteiger partial charge is 0.375 e. The summed E-state index contributed by atoms with van der Waals surface area (Å²) in [5, 5.41) is 0. The van der Waals surface area contributed by atoms with Crippen LogP contribution in [0, 0.1) is 11.8 Å². The van der Waals surface area contributed by atoms with E-state index in [0.717, 1.165) is 6.42 Å². The Kier molecular flexibility index (Phi) is 7.67. The second kappa shape index (κ2) is 9.00. The SMILES string of the molecule is COCC(=O)N1CCN(C(=O)CC(CN)CC(C)C)CC1. The van der Waals surface area contributed by atoms with Gasteiger partial charge in [0.25, 0.3) is 0 Å². The number of nitrogens with zero attached hydrogens (tertiary/aromatic N) is 2. The van der Waals surface area contributed by atoms with Gasteiger partial charge in [0.15, 0.2) is 0 Å². The molecular formula is C15H29N3O3. The van der Waals surface area contributed by atoms with Gasteiger partial charge in [0.05, 0.1) is 0 Å². The topological polar surface area (TPSA) is 75.9 Å². The van der Waals surface area contributed by atoms with Gasteiger partial charge in [-0.05, 0) is 24.8 Å². The summed E-state index contributed by atoms with van der Waals surface area (Å²) in [5.41, 5.74) is 5.76. The lowest BCUT2D eigenvalue weighted by Gasteiger charge is -2.35. The van der Waals surface area contributed by atoms with E-state index in [2.05, 4.69) is 13.8 Å². The zero-order valence-electron chi connectivity index (χ0n) is 13.5. The normalized spacial score (nSPS) is 17.2. The molecule has 1 aliphatic heterocycles. The fourth-order valence-corrected chi connectivity index (χ4v) is 2.73. The number of carbonyl (C=O) groups excluding carboxylic acids is 2. The lowest BCUT2D eigenvalue weighted by atomic mass is 9.93. The number of hydrogen-bond acceptors (Lipinski definition) is 4. The van der Waals surface area contributed by atoms with Gasteiger partial charge in [-0.3, -0.25) is 9.59 Å². The minimum absolute atomic E-state index is 0.00996. The molecule has 0 aromatic heterocycles. The van der Waals surface area contributed by atoms with Crippen molar-refractivity contribution in [2.75, 3.05) is 46.4 Å². The second-order valence-electron chi connectivity index (χ2n) is 6.13. The van der Waals surface area contributed by atoms with Crippen molar-refractivity contribution >= 4 is 11.8 Å². The first-order valence-corrected chi connectivity index (χ1v) is 7.72. The Balaban J connectivity index is 2.39. The van der Waals surface area contributed by atoms with Crippen LogP contribution in [0.15, 0.2) is 0 Å². The van der Waals surface area contributed by atoms with Crippen molar-refractivity contribution in [1.82, 2.24) is 9.80 Å². The smallest absolute Gasteiger partial charge is 0.248 e. The van der Waals surface area contributed by atoms with Gasteiger partial charge in [0.2, 0.25) is 11.8 Å².